The van der Waals surface area contributed by atoms with Crippen LogP contribution in [0.25, 0.3) is 16.1 Å². The average molecular weight is 526 g/mol. The summed E-state index contributed by atoms with van der Waals surface area (Å²) in [5.74, 6) is 1.54. The molecule has 0 bridgehead atoms. The van der Waals surface area contributed by atoms with Gasteiger partial charge in [-0.25, -0.2) is 16.5 Å². The Morgan fingerprint density at radius 2 is 2.00 bits per heavy atom. The highest BCUT2D eigenvalue weighted by atomic mass is 16.5. The number of pyridine rings is 1. The van der Waals surface area contributed by atoms with Gasteiger partial charge >= 0.3 is 12.1 Å². The summed E-state index contributed by atoms with van der Waals surface area (Å²) in [5, 5.41) is 18.7. The molecule has 2 N–H and O–H groups in total. The number of hydrogen-bond donors (Lipinski definition) is 1. The van der Waals surface area contributed by atoms with Crippen molar-refractivity contribution in [2.45, 2.75) is 31.7 Å². The lowest BCUT2D eigenvalue weighted by Gasteiger charge is -2.32. The number of nitrogens with zero attached hydrogens (tertiary/aromatic N) is 10. The predicted octanol–water partition coefficient (Wildman–Crippen LogP) is 2.71. The highest BCUT2D eigenvalue weighted by Crippen LogP contribution is 2.45. The number of piperidine rings is 1. The molecule has 13 heteroatoms. The van der Waals surface area contributed by atoms with E-state index in [0.29, 0.717) is 37.2 Å². The molecule has 0 amide bonds. The zero-order valence-electron chi connectivity index (χ0n) is 21.5. The lowest BCUT2D eigenvalue weighted by Crippen LogP contribution is -2.37. The lowest BCUT2D eigenvalue weighted by atomic mass is 9.98. The molecule has 3 aromatic rings. The van der Waals surface area contributed by atoms with E-state index in [2.05, 4.69) is 35.8 Å². The molecule has 1 aliphatic carbocycles. The van der Waals surface area contributed by atoms with Gasteiger partial charge in [0.1, 0.15) is 6.61 Å². The van der Waals surface area contributed by atoms with Crippen molar-refractivity contribution in [3.63, 3.8) is 0 Å². The Morgan fingerprint density at radius 3 is 2.64 bits per heavy atom. The van der Waals surface area contributed by atoms with Crippen molar-refractivity contribution in [2.24, 2.45) is 18.4 Å². The van der Waals surface area contributed by atoms with Crippen LogP contribution in [-0.4, -0.2) is 55.8 Å². The SMILES string of the molecule is [C-]#[N+]C(C#N)c1nc(OCC2(C#N)CC2)nc(N2CCC(COc3cc(-c4cn(C)cn4)cnc3N)CC2)n1. The molecular weight excluding hydrogens is 498 g/mol. The predicted molar refractivity (Wildman–Crippen MR) is 139 cm³/mol. The van der Waals surface area contributed by atoms with Crippen LogP contribution in [0.1, 0.15) is 37.5 Å². The van der Waals surface area contributed by atoms with Gasteiger partial charge in [-0.05, 0) is 37.7 Å². The van der Waals surface area contributed by atoms with Gasteiger partial charge in [0.2, 0.25) is 11.8 Å². The fourth-order valence-electron chi connectivity index (χ4n) is 4.26. The number of imidazole rings is 1. The molecule has 13 nitrogen and oxygen atoms in total. The Labute approximate surface area is 225 Å². The monoisotopic (exact) mass is 525 g/mol. The van der Waals surface area contributed by atoms with E-state index in [9.17, 15) is 10.5 Å². The largest absolute Gasteiger partial charge is 0.489 e. The van der Waals surface area contributed by atoms with Crippen molar-refractivity contribution in [3.8, 4) is 35.2 Å². The molecule has 1 unspecified atom stereocenters. The summed E-state index contributed by atoms with van der Waals surface area (Å²) >= 11 is 0. The van der Waals surface area contributed by atoms with E-state index in [-0.39, 0.29) is 24.4 Å². The number of aryl methyl sites for hydroxylation is 1. The third kappa shape index (κ3) is 5.81. The summed E-state index contributed by atoms with van der Waals surface area (Å²) in [6.45, 7) is 9.26. The number of rotatable bonds is 9. The zero-order valence-corrected chi connectivity index (χ0v) is 21.5. The normalized spacial score (nSPS) is 16.9. The molecule has 5 rings (SSSR count). The number of aromatic nitrogens is 6. The quantitative estimate of drug-likeness (QED) is 0.408. The highest BCUT2D eigenvalue weighted by molar-refractivity contribution is 5.63. The van der Waals surface area contributed by atoms with Crippen molar-refractivity contribution >= 4 is 11.8 Å². The molecule has 2 aliphatic rings. The van der Waals surface area contributed by atoms with Gasteiger partial charge in [0, 0.05) is 38.1 Å². The molecule has 198 valence electrons. The number of ether oxygens (including phenoxy) is 2. The maximum atomic E-state index is 9.38. The van der Waals surface area contributed by atoms with Crippen molar-refractivity contribution in [2.75, 3.05) is 36.9 Å². The lowest BCUT2D eigenvalue weighted by molar-refractivity contribution is 0.222. The van der Waals surface area contributed by atoms with Crippen LogP contribution < -0.4 is 20.1 Å². The van der Waals surface area contributed by atoms with Crippen LogP contribution in [0.3, 0.4) is 0 Å². The summed E-state index contributed by atoms with van der Waals surface area (Å²) in [6, 6.07) is 4.90. The molecule has 2 fully saturated rings. The fraction of sp³-hybridized carbons (Fsp3) is 0.462. The topological polar surface area (TPSA) is 169 Å². The Balaban J connectivity index is 1.23. The van der Waals surface area contributed by atoms with E-state index >= 15 is 0 Å². The van der Waals surface area contributed by atoms with E-state index in [1.807, 2.05) is 34.8 Å². The van der Waals surface area contributed by atoms with Gasteiger partial charge in [-0.15, -0.1) is 0 Å². The molecule has 0 spiro atoms. The minimum Gasteiger partial charge on any atom is -0.489 e. The summed E-state index contributed by atoms with van der Waals surface area (Å²) < 4.78 is 13.7. The third-order valence-corrected chi connectivity index (χ3v) is 6.94. The second-order valence-corrected chi connectivity index (χ2v) is 9.89. The molecule has 1 saturated carbocycles. The van der Waals surface area contributed by atoms with Crippen molar-refractivity contribution in [1.29, 1.82) is 10.5 Å². The van der Waals surface area contributed by atoms with Crippen LogP contribution in [0.4, 0.5) is 11.8 Å². The maximum absolute atomic E-state index is 9.38. The molecule has 4 heterocycles. The summed E-state index contributed by atoms with van der Waals surface area (Å²) in [7, 11) is 1.90. The molecule has 1 atom stereocenters. The van der Waals surface area contributed by atoms with Gasteiger partial charge in [-0.3, -0.25) is 4.85 Å². The molecular formula is C26H27N11O2. The van der Waals surface area contributed by atoms with Crippen molar-refractivity contribution < 1.29 is 9.47 Å². The first-order chi connectivity index (χ1) is 18.9. The first-order valence-electron chi connectivity index (χ1n) is 12.6. The highest BCUT2D eigenvalue weighted by Gasteiger charge is 2.44. The van der Waals surface area contributed by atoms with Gasteiger partial charge in [-0.2, -0.15) is 25.5 Å². The van der Waals surface area contributed by atoms with Crippen molar-refractivity contribution in [1.82, 2.24) is 29.5 Å². The Hall–Kier alpha value is -4.96. The molecule has 1 saturated heterocycles. The van der Waals surface area contributed by atoms with Gasteiger partial charge in [0.25, 0.3) is 0 Å². The van der Waals surface area contributed by atoms with E-state index in [1.165, 1.54) is 0 Å². The number of hydrogen-bond acceptors (Lipinski definition) is 11. The third-order valence-electron chi connectivity index (χ3n) is 6.94. The number of nitriles is 2. The summed E-state index contributed by atoms with van der Waals surface area (Å²) in [6.07, 6.45) is 8.46. The standard InChI is InChI=1S/C26H27N11O2/c1-30-19(10-27)23-33-24(35-25(34-23)39-15-26(14-28)5-6-26)37-7-3-17(4-8-37)13-38-21-9-18(11-31-22(21)29)20-12-36(2)16-32-20/h9,11-12,16-17,19H,3-8,13,15H2,2H3,(H2,29,31). The van der Waals surface area contributed by atoms with Crippen LogP contribution in [0.15, 0.2) is 24.8 Å². The van der Waals surface area contributed by atoms with E-state index in [1.54, 1.807) is 12.5 Å². The Bertz CT molecular complexity index is 1460. The second-order valence-electron chi connectivity index (χ2n) is 9.89. The van der Waals surface area contributed by atoms with E-state index in [4.69, 9.17) is 21.8 Å². The molecule has 39 heavy (non-hydrogen) atoms. The van der Waals surface area contributed by atoms with E-state index in [0.717, 1.165) is 36.9 Å². The average Bonchev–Trinajstić information content (AvgIpc) is 3.63. The van der Waals surface area contributed by atoms with Crippen LogP contribution in [0, 0.1) is 40.6 Å². The smallest absolute Gasteiger partial charge is 0.365 e. The summed E-state index contributed by atoms with van der Waals surface area (Å²) in [5.41, 5.74) is 7.18. The number of nitrogen functional groups attached to an aromatic ring is 1. The van der Waals surface area contributed by atoms with Gasteiger partial charge < -0.3 is 24.7 Å². The van der Waals surface area contributed by atoms with Crippen LogP contribution in [0.2, 0.25) is 0 Å². The van der Waals surface area contributed by atoms with Crippen LogP contribution in [0.5, 0.6) is 11.8 Å². The number of nitrogens with two attached hydrogens (primary N) is 1. The fourth-order valence-corrected chi connectivity index (χ4v) is 4.26. The van der Waals surface area contributed by atoms with Gasteiger partial charge in [0.05, 0.1) is 30.1 Å². The zero-order chi connectivity index (χ0) is 27.4. The minimum absolute atomic E-state index is 0.0293. The maximum Gasteiger partial charge on any atom is 0.365 e. The minimum atomic E-state index is -1.16. The summed E-state index contributed by atoms with van der Waals surface area (Å²) in [4.78, 5) is 27.0. The molecule has 0 radical (unpaired) electrons. The Kier molecular flexibility index (Phi) is 7.11. The van der Waals surface area contributed by atoms with Crippen molar-refractivity contribution in [3.05, 3.63) is 42.0 Å². The first-order valence-corrected chi connectivity index (χ1v) is 12.6. The van der Waals surface area contributed by atoms with Crippen LogP contribution >= 0.6 is 0 Å². The molecule has 1 aliphatic heterocycles. The molecule has 3 aromatic heterocycles. The first kappa shape index (κ1) is 25.7. The van der Waals surface area contributed by atoms with Gasteiger partial charge in [0.15, 0.2) is 17.6 Å². The van der Waals surface area contributed by atoms with Crippen LogP contribution in [-0.2, 0) is 7.05 Å². The van der Waals surface area contributed by atoms with E-state index < -0.39 is 11.5 Å². The van der Waals surface area contributed by atoms with Gasteiger partial charge in [-0.1, -0.05) is 0 Å². The second kappa shape index (κ2) is 10.8. The number of anilines is 2. The molecule has 0 aromatic carbocycles. The Morgan fingerprint density at radius 1 is 1.21 bits per heavy atom.